The monoisotopic (exact) mass is 471 g/mol. The maximum absolute atomic E-state index is 12.1. The lowest BCUT2D eigenvalue weighted by Crippen LogP contribution is -2.47. The number of hydrogen-bond donors (Lipinski definition) is 3. The van der Waals surface area contributed by atoms with Crippen molar-refractivity contribution in [1.82, 2.24) is 10.6 Å². The summed E-state index contributed by atoms with van der Waals surface area (Å²) in [5.74, 6) is -0.182. The van der Waals surface area contributed by atoms with E-state index in [1.807, 2.05) is 13.0 Å². The summed E-state index contributed by atoms with van der Waals surface area (Å²) >= 11 is 3.42. The van der Waals surface area contributed by atoms with E-state index in [4.69, 9.17) is 9.47 Å². The van der Waals surface area contributed by atoms with Gasteiger partial charge in [0.25, 0.3) is 0 Å². The average Bonchev–Trinajstić information content (AvgIpc) is 2.51. The van der Waals surface area contributed by atoms with E-state index < -0.39 is 29.5 Å². The second-order valence-electron chi connectivity index (χ2n) is 8.47. The van der Waals surface area contributed by atoms with Crippen molar-refractivity contribution in [1.29, 1.82) is 0 Å². The minimum Gasteiger partial charge on any atom is -0.444 e. The number of nitrogens with zero attached hydrogens (tertiary/aromatic N) is 1. The summed E-state index contributed by atoms with van der Waals surface area (Å²) < 4.78 is 11.2. The second-order valence-corrected chi connectivity index (χ2v) is 9.32. The normalized spacial score (nSPS) is 12.6. The van der Waals surface area contributed by atoms with E-state index in [1.165, 1.54) is 0 Å². The summed E-state index contributed by atoms with van der Waals surface area (Å²) in [5, 5.41) is 15.2. The van der Waals surface area contributed by atoms with Gasteiger partial charge in [0.2, 0.25) is 5.96 Å². The minimum absolute atomic E-state index is 0.101. The van der Waals surface area contributed by atoms with Gasteiger partial charge in [0, 0.05) is 4.47 Å². The smallest absolute Gasteiger partial charge is 0.414 e. The van der Waals surface area contributed by atoms with Crippen molar-refractivity contribution in [3.8, 4) is 0 Å². The van der Waals surface area contributed by atoms with Crippen LogP contribution in [-0.2, 0) is 9.47 Å². The number of halogens is 1. The zero-order valence-corrected chi connectivity index (χ0v) is 19.5. The van der Waals surface area contributed by atoms with Crippen LogP contribution in [0.1, 0.15) is 58.8 Å². The zero-order chi connectivity index (χ0) is 22.4. The highest BCUT2D eigenvalue weighted by molar-refractivity contribution is 9.10. The number of aliphatic imine (C=N–C) groups is 1. The van der Waals surface area contributed by atoms with Crippen LogP contribution < -0.4 is 10.6 Å². The van der Waals surface area contributed by atoms with Gasteiger partial charge < -0.3 is 14.6 Å². The maximum atomic E-state index is 12.1. The van der Waals surface area contributed by atoms with Crippen molar-refractivity contribution in [2.75, 3.05) is 6.54 Å². The quantitative estimate of drug-likeness (QED) is 0.452. The summed E-state index contributed by atoms with van der Waals surface area (Å²) in [7, 11) is 0. The van der Waals surface area contributed by atoms with E-state index >= 15 is 0 Å². The number of carbonyl (C=O) groups excluding carboxylic acids is 2. The highest BCUT2D eigenvalue weighted by atomic mass is 79.9. The van der Waals surface area contributed by atoms with E-state index in [9.17, 15) is 14.7 Å². The SMILES string of the molecule is Cc1ccc(C(O)CN=C(NC(=O)OC(C)(C)C)NC(=O)OC(C)(C)C)cc1Br. The molecule has 0 aromatic heterocycles. The van der Waals surface area contributed by atoms with Crippen molar-refractivity contribution < 1.29 is 24.2 Å². The highest BCUT2D eigenvalue weighted by Gasteiger charge is 2.21. The Bertz CT molecular complexity index is 734. The molecule has 162 valence electrons. The Balaban J connectivity index is 2.93. The lowest BCUT2D eigenvalue weighted by molar-refractivity contribution is 0.0544. The van der Waals surface area contributed by atoms with Gasteiger partial charge in [-0.2, -0.15) is 0 Å². The molecule has 0 saturated heterocycles. The predicted octanol–water partition coefficient (Wildman–Crippen LogP) is 4.20. The minimum atomic E-state index is -0.942. The number of rotatable bonds is 3. The summed E-state index contributed by atoms with van der Waals surface area (Å²) in [6.07, 6.45) is -2.53. The van der Waals surface area contributed by atoms with Crippen LogP contribution >= 0.6 is 15.9 Å². The molecule has 0 saturated carbocycles. The fraction of sp³-hybridized carbons (Fsp3) is 0.550. The molecule has 0 bridgehead atoms. The van der Waals surface area contributed by atoms with Gasteiger partial charge in [-0.1, -0.05) is 28.1 Å². The fourth-order valence-corrected chi connectivity index (χ4v) is 2.41. The maximum Gasteiger partial charge on any atom is 0.414 e. The molecule has 0 spiro atoms. The summed E-state index contributed by atoms with van der Waals surface area (Å²) in [6.45, 7) is 12.1. The van der Waals surface area contributed by atoms with Crippen LogP contribution in [0.5, 0.6) is 0 Å². The van der Waals surface area contributed by atoms with Crippen molar-refractivity contribution in [3.05, 3.63) is 33.8 Å². The lowest BCUT2D eigenvalue weighted by Gasteiger charge is -2.22. The van der Waals surface area contributed by atoms with E-state index in [2.05, 4.69) is 31.6 Å². The molecule has 1 rings (SSSR count). The zero-order valence-electron chi connectivity index (χ0n) is 17.9. The molecular weight excluding hydrogens is 442 g/mol. The van der Waals surface area contributed by atoms with Crippen LogP contribution in [0.4, 0.5) is 9.59 Å². The Morgan fingerprint density at radius 2 is 1.55 bits per heavy atom. The Hall–Kier alpha value is -2.13. The van der Waals surface area contributed by atoms with Gasteiger partial charge >= 0.3 is 12.2 Å². The molecule has 8 nitrogen and oxygen atoms in total. The lowest BCUT2D eigenvalue weighted by atomic mass is 10.1. The highest BCUT2D eigenvalue weighted by Crippen LogP contribution is 2.22. The topological polar surface area (TPSA) is 109 Å². The van der Waals surface area contributed by atoms with Crippen LogP contribution in [0, 0.1) is 6.92 Å². The van der Waals surface area contributed by atoms with Crippen molar-refractivity contribution >= 4 is 34.1 Å². The number of aliphatic hydroxyl groups excluding tert-OH is 1. The fourth-order valence-electron chi connectivity index (χ4n) is 2.01. The van der Waals surface area contributed by atoms with Crippen LogP contribution in [0.3, 0.4) is 0 Å². The number of carbonyl (C=O) groups is 2. The standard InChI is InChI=1S/C20H30BrN3O5/c1-12-8-9-13(10-14(12)21)15(25)11-22-16(23-17(26)28-19(2,3)4)24-18(27)29-20(5,6)7/h8-10,15,25H,11H2,1-7H3,(H2,22,23,24,26,27). The summed E-state index contributed by atoms with van der Waals surface area (Å²) in [6, 6.07) is 5.44. The van der Waals surface area contributed by atoms with Gasteiger partial charge in [0.15, 0.2) is 0 Å². The van der Waals surface area contributed by atoms with Crippen molar-refractivity contribution in [2.45, 2.75) is 65.8 Å². The number of aryl methyl sites for hydroxylation is 1. The third-order valence-electron chi connectivity index (χ3n) is 3.24. The number of nitrogens with one attached hydrogen (secondary N) is 2. The first-order valence-corrected chi connectivity index (χ1v) is 9.94. The molecule has 1 atom stereocenters. The predicted molar refractivity (Wildman–Crippen MR) is 115 cm³/mol. The van der Waals surface area contributed by atoms with Crippen LogP contribution in [0.25, 0.3) is 0 Å². The number of aliphatic hydroxyl groups is 1. The van der Waals surface area contributed by atoms with Crippen molar-refractivity contribution in [2.24, 2.45) is 4.99 Å². The van der Waals surface area contributed by atoms with Gasteiger partial charge in [0.1, 0.15) is 11.2 Å². The van der Waals surface area contributed by atoms with Gasteiger partial charge in [-0.3, -0.25) is 10.6 Å². The second kappa shape index (κ2) is 10.1. The Kier molecular flexibility index (Phi) is 8.65. The average molecular weight is 472 g/mol. The first-order chi connectivity index (χ1) is 13.2. The molecule has 0 radical (unpaired) electrons. The molecule has 29 heavy (non-hydrogen) atoms. The van der Waals surface area contributed by atoms with Crippen LogP contribution in [0.15, 0.2) is 27.7 Å². The first kappa shape index (κ1) is 24.9. The number of amides is 2. The first-order valence-electron chi connectivity index (χ1n) is 9.15. The summed E-state index contributed by atoms with van der Waals surface area (Å²) in [4.78, 5) is 28.2. The van der Waals surface area contributed by atoms with E-state index in [0.29, 0.717) is 5.56 Å². The third-order valence-corrected chi connectivity index (χ3v) is 4.10. The largest absolute Gasteiger partial charge is 0.444 e. The molecule has 1 aromatic carbocycles. The van der Waals surface area contributed by atoms with Crippen LogP contribution in [0.2, 0.25) is 0 Å². The number of guanidine groups is 1. The van der Waals surface area contributed by atoms with Gasteiger partial charge in [-0.15, -0.1) is 0 Å². The molecule has 0 aliphatic carbocycles. The van der Waals surface area contributed by atoms with E-state index in [0.717, 1.165) is 10.0 Å². The third kappa shape index (κ3) is 10.3. The Labute approximate surface area is 180 Å². The van der Waals surface area contributed by atoms with E-state index in [-0.39, 0.29) is 12.5 Å². The molecule has 9 heteroatoms. The number of hydrogen-bond acceptors (Lipinski definition) is 6. The Morgan fingerprint density at radius 1 is 1.07 bits per heavy atom. The number of benzene rings is 1. The van der Waals surface area contributed by atoms with Gasteiger partial charge in [-0.05, 0) is 65.7 Å². The molecule has 3 N–H and O–H groups in total. The molecule has 1 aromatic rings. The molecule has 1 unspecified atom stereocenters. The summed E-state index contributed by atoms with van der Waals surface area (Å²) in [5.41, 5.74) is 0.215. The number of ether oxygens (including phenoxy) is 2. The van der Waals surface area contributed by atoms with Crippen molar-refractivity contribution in [3.63, 3.8) is 0 Å². The molecule has 0 fully saturated rings. The number of alkyl carbamates (subject to hydrolysis) is 2. The van der Waals surface area contributed by atoms with Crippen LogP contribution in [-0.4, -0.2) is 41.0 Å². The van der Waals surface area contributed by atoms with Gasteiger partial charge in [-0.25, -0.2) is 14.6 Å². The molecule has 0 aliphatic rings. The molecule has 0 aliphatic heterocycles. The molecule has 0 heterocycles. The Morgan fingerprint density at radius 3 is 1.97 bits per heavy atom. The van der Waals surface area contributed by atoms with Gasteiger partial charge in [0.05, 0.1) is 12.6 Å². The van der Waals surface area contributed by atoms with E-state index in [1.54, 1.807) is 53.7 Å². The molecule has 2 amide bonds. The molecular formula is C20H30BrN3O5.